The number of hydrogen-bond donors (Lipinski definition) is 3. The molecule has 0 heterocycles. The van der Waals surface area contributed by atoms with E-state index in [2.05, 4.69) is 27.4 Å². The van der Waals surface area contributed by atoms with Crippen molar-refractivity contribution >= 4 is 0 Å². The Bertz CT molecular complexity index is 416. The Balaban J connectivity index is 2.13. The van der Waals surface area contributed by atoms with Gasteiger partial charge in [-0.2, -0.15) is 0 Å². The zero-order valence-corrected chi connectivity index (χ0v) is 11.5. The van der Waals surface area contributed by atoms with Crippen LogP contribution < -0.4 is 0 Å². The zero-order valence-electron chi connectivity index (χ0n) is 11.5. The molecule has 3 nitrogen and oxygen atoms in total. The average Bonchev–Trinajstić information content (AvgIpc) is 2.64. The van der Waals surface area contributed by atoms with Gasteiger partial charge in [-0.1, -0.05) is 27.4 Å². The highest BCUT2D eigenvalue weighted by Crippen LogP contribution is 2.71. The second kappa shape index (κ2) is 3.20. The molecule has 0 amide bonds. The SMILES string of the molecule is C=C1[C@@H](O)C[C@H]2C[C@]3(C)[C@@H](O)CC(C)(C)[C@@H]3[C@@]12O. The van der Waals surface area contributed by atoms with Crippen LogP contribution in [-0.4, -0.2) is 33.1 Å². The molecule has 18 heavy (non-hydrogen) atoms. The summed E-state index contributed by atoms with van der Waals surface area (Å²) < 4.78 is 0. The highest BCUT2D eigenvalue weighted by molar-refractivity contribution is 5.35. The Hall–Kier alpha value is -0.380. The van der Waals surface area contributed by atoms with Crippen LogP contribution in [-0.2, 0) is 0 Å². The Morgan fingerprint density at radius 2 is 1.78 bits per heavy atom. The van der Waals surface area contributed by atoms with Crippen LogP contribution in [0.1, 0.15) is 40.0 Å². The quantitative estimate of drug-likeness (QED) is 0.572. The van der Waals surface area contributed by atoms with E-state index in [1.807, 2.05) is 0 Å². The molecule has 3 aliphatic rings. The van der Waals surface area contributed by atoms with E-state index in [9.17, 15) is 15.3 Å². The summed E-state index contributed by atoms with van der Waals surface area (Å²) >= 11 is 0. The van der Waals surface area contributed by atoms with Crippen molar-refractivity contribution in [3.8, 4) is 0 Å². The number of aliphatic hydroxyl groups excluding tert-OH is 2. The van der Waals surface area contributed by atoms with Gasteiger partial charge in [0.1, 0.15) is 0 Å². The van der Waals surface area contributed by atoms with E-state index in [0.29, 0.717) is 18.4 Å². The highest BCUT2D eigenvalue weighted by Gasteiger charge is 2.73. The van der Waals surface area contributed by atoms with Crippen LogP contribution in [0.15, 0.2) is 12.2 Å². The summed E-state index contributed by atoms with van der Waals surface area (Å²) in [7, 11) is 0. The second-order valence-corrected chi connectivity index (χ2v) is 7.65. The molecule has 3 heteroatoms. The van der Waals surface area contributed by atoms with Gasteiger partial charge in [0.15, 0.2) is 0 Å². The van der Waals surface area contributed by atoms with Gasteiger partial charge >= 0.3 is 0 Å². The van der Waals surface area contributed by atoms with Gasteiger partial charge in [0, 0.05) is 11.3 Å². The number of aliphatic hydroxyl groups is 3. The minimum absolute atomic E-state index is 0.0119. The van der Waals surface area contributed by atoms with Crippen LogP contribution in [0, 0.1) is 22.7 Å². The van der Waals surface area contributed by atoms with Crippen molar-refractivity contribution < 1.29 is 15.3 Å². The first kappa shape index (κ1) is 12.6. The Morgan fingerprint density at radius 1 is 1.17 bits per heavy atom. The number of hydrogen-bond acceptors (Lipinski definition) is 3. The highest BCUT2D eigenvalue weighted by atomic mass is 16.3. The largest absolute Gasteiger partial charge is 0.393 e. The van der Waals surface area contributed by atoms with Crippen LogP contribution in [0.3, 0.4) is 0 Å². The first-order valence-electron chi connectivity index (χ1n) is 6.92. The summed E-state index contributed by atoms with van der Waals surface area (Å²) in [5.41, 5.74) is -0.783. The topological polar surface area (TPSA) is 60.7 Å². The normalized spacial score (nSPS) is 57.8. The fraction of sp³-hybridized carbons (Fsp3) is 0.867. The Labute approximate surface area is 109 Å². The number of fused-ring (bicyclic) bond motifs is 3. The van der Waals surface area contributed by atoms with Crippen molar-refractivity contribution in [2.75, 3.05) is 0 Å². The fourth-order valence-electron chi connectivity index (χ4n) is 5.60. The van der Waals surface area contributed by atoms with Gasteiger partial charge in [0.05, 0.1) is 17.8 Å². The molecule has 0 aromatic rings. The summed E-state index contributed by atoms with van der Waals surface area (Å²) in [5.74, 6) is 0.0337. The third-order valence-electron chi connectivity index (χ3n) is 6.09. The van der Waals surface area contributed by atoms with Crippen LogP contribution in [0.25, 0.3) is 0 Å². The molecule has 0 unspecified atom stereocenters. The minimum Gasteiger partial charge on any atom is -0.393 e. The van der Waals surface area contributed by atoms with Crippen molar-refractivity contribution in [1.29, 1.82) is 0 Å². The fourth-order valence-corrected chi connectivity index (χ4v) is 5.60. The lowest BCUT2D eigenvalue weighted by atomic mass is 9.66. The van der Waals surface area contributed by atoms with E-state index in [4.69, 9.17) is 0 Å². The molecular formula is C15H24O3. The predicted molar refractivity (Wildman–Crippen MR) is 68.8 cm³/mol. The molecule has 0 aromatic carbocycles. The summed E-state index contributed by atoms with van der Waals surface area (Å²) in [4.78, 5) is 0. The van der Waals surface area contributed by atoms with Crippen molar-refractivity contribution in [3.05, 3.63) is 12.2 Å². The second-order valence-electron chi connectivity index (χ2n) is 7.65. The average molecular weight is 252 g/mol. The zero-order chi connectivity index (χ0) is 13.5. The van der Waals surface area contributed by atoms with Crippen molar-refractivity contribution in [1.82, 2.24) is 0 Å². The monoisotopic (exact) mass is 252 g/mol. The molecule has 0 aromatic heterocycles. The van der Waals surface area contributed by atoms with E-state index < -0.39 is 11.7 Å². The van der Waals surface area contributed by atoms with E-state index in [0.717, 1.165) is 6.42 Å². The molecule has 3 saturated carbocycles. The van der Waals surface area contributed by atoms with Crippen LogP contribution in [0.4, 0.5) is 0 Å². The predicted octanol–water partition coefficient (Wildman–Crippen LogP) is 1.47. The maximum Gasteiger partial charge on any atom is 0.0947 e. The van der Waals surface area contributed by atoms with Gasteiger partial charge in [-0.25, -0.2) is 0 Å². The van der Waals surface area contributed by atoms with Crippen LogP contribution >= 0.6 is 0 Å². The molecule has 0 bridgehead atoms. The first-order chi connectivity index (χ1) is 8.14. The molecule has 0 saturated heterocycles. The molecule has 0 aliphatic heterocycles. The standard InChI is InChI=1S/C15H24O3/c1-8-10(16)5-9-6-14(4)11(17)7-13(2,3)12(14)15(8,9)18/h9-12,16-18H,1,5-7H2,2-4H3/t9-,10-,11-,12-,14+,15+/m0/s1. The molecule has 3 N–H and O–H groups in total. The lowest BCUT2D eigenvalue weighted by molar-refractivity contribution is -0.0462. The maximum absolute atomic E-state index is 11.2. The molecular weight excluding hydrogens is 228 g/mol. The molecule has 3 fully saturated rings. The first-order valence-corrected chi connectivity index (χ1v) is 6.92. The van der Waals surface area contributed by atoms with Crippen molar-refractivity contribution in [3.63, 3.8) is 0 Å². The molecule has 0 radical (unpaired) electrons. The molecule has 3 aliphatic carbocycles. The van der Waals surface area contributed by atoms with Crippen molar-refractivity contribution in [2.45, 2.75) is 57.8 Å². The number of rotatable bonds is 0. The molecule has 6 atom stereocenters. The molecule has 102 valence electrons. The van der Waals surface area contributed by atoms with Crippen LogP contribution in [0.5, 0.6) is 0 Å². The Kier molecular flexibility index (Phi) is 2.24. The van der Waals surface area contributed by atoms with E-state index in [1.165, 1.54) is 0 Å². The van der Waals surface area contributed by atoms with Gasteiger partial charge in [0.25, 0.3) is 0 Å². The summed E-state index contributed by atoms with van der Waals surface area (Å²) in [5, 5.41) is 31.6. The van der Waals surface area contributed by atoms with E-state index in [1.54, 1.807) is 0 Å². The maximum atomic E-state index is 11.2. The summed E-state index contributed by atoms with van der Waals surface area (Å²) in [6, 6.07) is 0. The van der Waals surface area contributed by atoms with Gasteiger partial charge < -0.3 is 15.3 Å². The van der Waals surface area contributed by atoms with Gasteiger partial charge in [-0.15, -0.1) is 0 Å². The lowest BCUT2D eigenvalue weighted by Gasteiger charge is -2.42. The smallest absolute Gasteiger partial charge is 0.0947 e. The van der Waals surface area contributed by atoms with Gasteiger partial charge in [-0.3, -0.25) is 0 Å². The Morgan fingerprint density at radius 3 is 2.39 bits per heavy atom. The summed E-state index contributed by atoms with van der Waals surface area (Å²) in [6.45, 7) is 10.3. The van der Waals surface area contributed by atoms with Crippen LogP contribution in [0.2, 0.25) is 0 Å². The van der Waals surface area contributed by atoms with Crippen molar-refractivity contribution in [2.24, 2.45) is 22.7 Å². The van der Waals surface area contributed by atoms with E-state index in [-0.39, 0.29) is 28.8 Å². The third-order valence-corrected chi connectivity index (χ3v) is 6.09. The minimum atomic E-state index is -0.991. The van der Waals surface area contributed by atoms with Gasteiger partial charge in [0.2, 0.25) is 0 Å². The molecule has 3 rings (SSSR count). The molecule has 0 spiro atoms. The lowest BCUT2D eigenvalue weighted by Crippen LogP contribution is -2.46. The van der Waals surface area contributed by atoms with E-state index >= 15 is 0 Å². The van der Waals surface area contributed by atoms with Gasteiger partial charge in [-0.05, 0) is 36.2 Å². The summed E-state index contributed by atoms with van der Waals surface area (Å²) in [6.07, 6.45) is 1.14. The third kappa shape index (κ3) is 1.16.